The third-order valence-electron chi connectivity index (χ3n) is 3.58. The minimum Gasteiger partial charge on any atom is -0.331 e. The molecule has 0 aromatic carbocycles. The smallest absolute Gasteiger partial charge is 0.273 e. The molecule has 15 heavy (non-hydrogen) atoms. The van der Waals surface area contributed by atoms with Crippen molar-refractivity contribution in [2.45, 2.75) is 44.2 Å². The number of rotatable bonds is 1. The van der Waals surface area contributed by atoms with Crippen LogP contribution in [-0.2, 0) is 0 Å². The Balaban J connectivity index is 1.85. The summed E-state index contributed by atoms with van der Waals surface area (Å²) >= 11 is 1.50. The van der Waals surface area contributed by atoms with E-state index in [4.69, 9.17) is 0 Å². The fourth-order valence-corrected chi connectivity index (χ4v) is 3.42. The first-order valence-corrected chi connectivity index (χ1v) is 6.51. The monoisotopic (exact) mass is 222 g/mol. The lowest BCUT2D eigenvalue weighted by Gasteiger charge is -2.34. The van der Waals surface area contributed by atoms with Gasteiger partial charge in [0, 0.05) is 17.5 Å². The van der Waals surface area contributed by atoms with Crippen LogP contribution >= 0.6 is 11.3 Å². The zero-order valence-corrected chi connectivity index (χ0v) is 9.37. The summed E-state index contributed by atoms with van der Waals surface area (Å²) in [5, 5.41) is 1.86. The van der Waals surface area contributed by atoms with Crippen molar-refractivity contribution < 1.29 is 4.79 Å². The number of amides is 1. The summed E-state index contributed by atoms with van der Waals surface area (Å²) in [6.07, 6.45) is 6.05. The van der Waals surface area contributed by atoms with Crippen LogP contribution in [0, 0.1) is 0 Å². The van der Waals surface area contributed by atoms with Gasteiger partial charge in [-0.2, -0.15) is 0 Å². The number of hydrogen-bond acceptors (Lipinski definition) is 3. The Hall–Kier alpha value is -0.900. The highest BCUT2D eigenvalue weighted by Gasteiger charge is 2.40. The quantitative estimate of drug-likeness (QED) is 0.730. The maximum Gasteiger partial charge on any atom is 0.273 e. The van der Waals surface area contributed by atoms with Gasteiger partial charge in [0.25, 0.3) is 5.91 Å². The molecule has 2 aliphatic rings. The lowest BCUT2D eigenvalue weighted by atomic mass is 10.0. The van der Waals surface area contributed by atoms with Gasteiger partial charge in [-0.1, -0.05) is 0 Å². The molecule has 3 heterocycles. The van der Waals surface area contributed by atoms with E-state index in [-0.39, 0.29) is 5.91 Å². The SMILES string of the molecule is O=C(c1cscn1)N1C2CCCC1CC2. The van der Waals surface area contributed by atoms with Crippen molar-refractivity contribution in [1.29, 1.82) is 0 Å². The van der Waals surface area contributed by atoms with E-state index >= 15 is 0 Å². The van der Waals surface area contributed by atoms with Crippen molar-refractivity contribution >= 4 is 17.2 Å². The molecule has 3 rings (SSSR count). The van der Waals surface area contributed by atoms with Crippen LogP contribution in [0.25, 0.3) is 0 Å². The van der Waals surface area contributed by atoms with Gasteiger partial charge in [0.15, 0.2) is 0 Å². The number of thiazole rings is 1. The number of nitrogens with zero attached hydrogens (tertiary/aromatic N) is 2. The van der Waals surface area contributed by atoms with Crippen molar-refractivity contribution in [2.75, 3.05) is 0 Å². The molecule has 0 aliphatic carbocycles. The normalized spacial score (nSPS) is 29.5. The molecular weight excluding hydrogens is 208 g/mol. The van der Waals surface area contributed by atoms with E-state index < -0.39 is 0 Å². The third kappa shape index (κ3) is 1.47. The molecule has 3 nitrogen and oxygen atoms in total. The van der Waals surface area contributed by atoms with Gasteiger partial charge in [-0.05, 0) is 32.1 Å². The zero-order valence-electron chi connectivity index (χ0n) is 8.56. The number of piperidine rings is 1. The van der Waals surface area contributed by atoms with Gasteiger partial charge in [-0.15, -0.1) is 11.3 Å². The first-order chi connectivity index (χ1) is 7.36. The molecule has 0 saturated carbocycles. The zero-order chi connectivity index (χ0) is 10.3. The minimum absolute atomic E-state index is 0.156. The Morgan fingerprint density at radius 2 is 2.07 bits per heavy atom. The predicted molar refractivity (Wildman–Crippen MR) is 58.9 cm³/mol. The van der Waals surface area contributed by atoms with Gasteiger partial charge in [0.1, 0.15) is 5.69 Å². The number of carbonyl (C=O) groups is 1. The molecule has 1 amide bonds. The highest BCUT2D eigenvalue weighted by Crippen LogP contribution is 2.36. The molecule has 0 radical (unpaired) electrons. The molecule has 2 atom stereocenters. The predicted octanol–water partition coefficient (Wildman–Crippen LogP) is 2.30. The molecule has 2 aliphatic heterocycles. The second kappa shape index (κ2) is 3.59. The Labute approximate surface area is 93.1 Å². The summed E-state index contributed by atoms with van der Waals surface area (Å²) < 4.78 is 0. The molecule has 2 unspecified atom stereocenters. The van der Waals surface area contributed by atoms with Crippen LogP contribution in [0.5, 0.6) is 0 Å². The van der Waals surface area contributed by atoms with Crippen molar-refractivity contribution in [3.8, 4) is 0 Å². The van der Waals surface area contributed by atoms with Crippen LogP contribution < -0.4 is 0 Å². The lowest BCUT2D eigenvalue weighted by Crippen LogP contribution is -2.44. The Kier molecular flexibility index (Phi) is 2.24. The summed E-state index contributed by atoms with van der Waals surface area (Å²) in [7, 11) is 0. The highest BCUT2D eigenvalue weighted by atomic mass is 32.1. The lowest BCUT2D eigenvalue weighted by molar-refractivity contribution is 0.0590. The Morgan fingerprint density at radius 1 is 1.33 bits per heavy atom. The topological polar surface area (TPSA) is 33.2 Å². The number of aromatic nitrogens is 1. The summed E-state index contributed by atoms with van der Waals surface area (Å²) in [4.78, 5) is 18.4. The maximum atomic E-state index is 12.2. The van der Waals surface area contributed by atoms with Crippen molar-refractivity contribution in [2.24, 2.45) is 0 Å². The third-order valence-corrected chi connectivity index (χ3v) is 4.17. The standard InChI is InChI=1S/C11H14N2OS/c14-11(10-6-15-7-12-10)13-8-2-1-3-9(13)5-4-8/h6-9H,1-5H2. The molecule has 80 valence electrons. The average Bonchev–Trinajstić information content (AvgIpc) is 2.85. The van der Waals surface area contributed by atoms with Gasteiger partial charge in [0.05, 0.1) is 5.51 Å². The van der Waals surface area contributed by atoms with Crippen LogP contribution in [0.1, 0.15) is 42.6 Å². The first-order valence-electron chi connectivity index (χ1n) is 5.57. The van der Waals surface area contributed by atoms with Crippen molar-refractivity contribution in [1.82, 2.24) is 9.88 Å². The van der Waals surface area contributed by atoms with Crippen LogP contribution in [0.2, 0.25) is 0 Å². The fraction of sp³-hybridized carbons (Fsp3) is 0.636. The molecule has 1 aromatic rings. The molecule has 1 aromatic heterocycles. The van der Waals surface area contributed by atoms with E-state index in [1.165, 1.54) is 43.4 Å². The molecule has 2 bridgehead atoms. The summed E-state index contributed by atoms with van der Waals surface area (Å²) in [6.45, 7) is 0. The molecule has 0 N–H and O–H groups in total. The minimum atomic E-state index is 0.156. The van der Waals surface area contributed by atoms with E-state index in [1.807, 2.05) is 5.38 Å². The highest BCUT2D eigenvalue weighted by molar-refractivity contribution is 7.07. The van der Waals surface area contributed by atoms with Crippen LogP contribution in [0.3, 0.4) is 0 Å². The molecule has 4 heteroatoms. The number of hydrogen-bond donors (Lipinski definition) is 0. The molecular formula is C11H14N2OS. The van der Waals surface area contributed by atoms with E-state index in [2.05, 4.69) is 9.88 Å². The maximum absolute atomic E-state index is 12.2. The fourth-order valence-electron chi connectivity index (χ4n) is 2.90. The second-order valence-electron chi connectivity index (χ2n) is 4.40. The summed E-state index contributed by atoms with van der Waals surface area (Å²) in [6, 6.07) is 0.996. The summed E-state index contributed by atoms with van der Waals surface area (Å²) in [5.74, 6) is 0.156. The van der Waals surface area contributed by atoms with Gasteiger partial charge >= 0.3 is 0 Å². The molecule has 2 fully saturated rings. The second-order valence-corrected chi connectivity index (χ2v) is 5.12. The molecule has 2 saturated heterocycles. The first kappa shape index (κ1) is 9.33. The van der Waals surface area contributed by atoms with E-state index in [0.717, 1.165) is 0 Å². The largest absolute Gasteiger partial charge is 0.331 e. The van der Waals surface area contributed by atoms with E-state index in [0.29, 0.717) is 17.8 Å². The van der Waals surface area contributed by atoms with Gasteiger partial charge in [-0.3, -0.25) is 4.79 Å². The van der Waals surface area contributed by atoms with Gasteiger partial charge in [-0.25, -0.2) is 4.98 Å². The van der Waals surface area contributed by atoms with Gasteiger partial charge in [0.2, 0.25) is 0 Å². The number of carbonyl (C=O) groups excluding carboxylic acids is 1. The van der Waals surface area contributed by atoms with E-state index in [9.17, 15) is 4.79 Å². The molecule has 0 spiro atoms. The average molecular weight is 222 g/mol. The Morgan fingerprint density at radius 3 is 2.67 bits per heavy atom. The van der Waals surface area contributed by atoms with Crippen LogP contribution in [0.4, 0.5) is 0 Å². The number of fused-ring (bicyclic) bond motifs is 2. The van der Waals surface area contributed by atoms with Gasteiger partial charge < -0.3 is 4.90 Å². The summed E-state index contributed by atoms with van der Waals surface area (Å²) in [5.41, 5.74) is 2.37. The van der Waals surface area contributed by atoms with Crippen LogP contribution in [0.15, 0.2) is 10.9 Å². The van der Waals surface area contributed by atoms with E-state index in [1.54, 1.807) is 5.51 Å². The van der Waals surface area contributed by atoms with Crippen molar-refractivity contribution in [3.05, 3.63) is 16.6 Å². The van der Waals surface area contributed by atoms with Crippen molar-refractivity contribution in [3.63, 3.8) is 0 Å². The van der Waals surface area contributed by atoms with Crippen LogP contribution in [-0.4, -0.2) is 27.9 Å². The Bertz CT molecular complexity index is 347.